The molecule has 1 aliphatic heterocycles. The Balaban J connectivity index is 1.78. The van der Waals surface area contributed by atoms with Gasteiger partial charge in [0.1, 0.15) is 16.7 Å². The van der Waals surface area contributed by atoms with Gasteiger partial charge in [-0.1, -0.05) is 47.8 Å². The highest BCUT2D eigenvalue weighted by atomic mass is 79.9. The van der Waals surface area contributed by atoms with Gasteiger partial charge < -0.3 is 10.2 Å². The van der Waals surface area contributed by atoms with E-state index in [0.29, 0.717) is 22.3 Å². The number of anilines is 1. The van der Waals surface area contributed by atoms with Crippen molar-refractivity contribution in [2.45, 2.75) is 78.3 Å². The first-order valence-electron chi connectivity index (χ1n) is 13.3. The molecule has 2 atom stereocenters. The summed E-state index contributed by atoms with van der Waals surface area (Å²) in [6.07, 6.45) is 5.22. The predicted octanol–water partition coefficient (Wildman–Crippen LogP) is 7.34. The standard InChI is InChI=1S/C30H41BrN6OS/c1-10-23(24-14-12-21(31)17-32-24)33-20(4)34-26(11-2)39-36-28(38)22-13-15-25(29(5,6)7)35-27(22)37-18-19(3)16-30(37,8)9/h11-15,17,19,23,33H,2,4,10,16,18H2,1,3,5-9H3,(H,36,38)/b34-26+. The van der Waals surface area contributed by atoms with Crippen LogP contribution >= 0.6 is 27.9 Å². The lowest BCUT2D eigenvalue weighted by Crippen LogP contribution is -2.40. The number of pyridine rings is 2. The zero-order valence-corrected chi connectivity index (χ0v) is 26.5. The van der Waals surface area contributed by atoms with Crippen LogP contribution in [0.4, 0.5) is 5.82 Å². The van der Waals surface area contributed by atoms with Crippen LogP contribution in [0.15, 0.2) is 65.0 Å². The van der Waals surface area contributed by atoms with Gasteiger partial charge in [-0.15, -0.1) is 0 Å². The summed E-state index contributed by atoms with van der Waals surface area (Å²) in [5.41, 5.74) is 2.17. The Morgan fingerprint density at radius 1 is 1.33 bits per heavy atom. The van der Waals surface area contributed by atoms with E-state index in [1.165, 1.54) is 0 Å². The first-order chi connectivity index (χ1) is 18.2. The van der Waals surface area contributed by atoms with E-state index < -0.39 is 0 Å². The molecule has 2 unspecified atom stereocenters. The molecule has 7 nitrogen and oxygen atoms in total. The van der Waals surface area contributed by atoms with Gasteiger partial charge in [-0.3, -0.25) is 14.5 Å². The van der Waals surface area contributed by atoms with Crippen molar-refractivity contribution in [3.63, 3.8) is 0 Å². The zero-order chi connectivity index (χ0) is 29.0. The van der Waals surface area contributed by atoms with E-state index in [1.807, 2.05) is 24.3 Å². The number of carbonyl (C=O) groups is 1. The van der Waals surface area contributed by atoms with E-state index in [4.69, 9.17) is 4.98 Å². The fraction of sp³-hybridized carbons (Fsp3) is 0.467. The van der Waals surface area contributed by atoms with Gasteiger partial charge in [0.05, 0.1) is 17.3 Å². The number of aliphatic imine (C=N–C) groups is 1. The average Bonchev–Trinajstić information content (AvgIpc) is 3.15. The largest absolute Gasteiger partial charge is 0.362 e. The van der Waals surface area contributed by atoms with Crippen LogP contribution < -0.4 is 14.9 Å². The van der Waals surface area contributed by atoms with Crippen molar-refractivity contribution >= 4 is 44.6 Å². The second-order valence-electron chi connectivity index (χ2n) is 11.7. The number of rotatable bonds is 8. The Hall–Kier alpha value is -2.65. The Labute approximate surface area is 246 Å². The molecule has 9 heteroatoms. The highest BCUT2D eigenvalue weighted by Crippen LogP contribution is 2.38. The summed E-state index contributed by atoms with van der Waals surface area (Å²) < 4.78 is 3.87. The molecule has 39 heavy (non-hydrogen) atoms. The molecule has 0 radical (unpaired) electrons. The van der Waals surface area contributed by atoms with Crippen LogP contribution in [-0.4, -0.2) is 33.0 Å². The lowest BCUT2D eigenvalue weighted by Gasteiger charge is -2.34. The lowest BCUT2D eigenvalue weighted by atomic mass is 9.91. The van der Waals surface area contributed by atoms with Crippen molar-refractivity contribution in [1.82, 2.24) is 20.0 Å². The predicted molar refractivity (Wildman–Crippen MR) is 168 cm³/mol. The van der Waals surface area contributed by atoms with E-state index in [0.717, 1.165) is 53.0 Å². The molecule has 2 N–H and O–H groups in total. The van der Waals surface area contributed by atoms with E-state index in [-0.39, 0.29) is 22.9 Å². The van der Waals surface area contributed by atoms with Crippen LogP contribution in [0.5, 0.6) is 0 Å². The van der Waals surface area contributed by atoms with Crippen LogP contribution in [0.2, 0.25) is 0 Å². The van der Waals surface area contributed by atoms with Gasteiger partial charge in [0.15, 0.2) is 0 Å². The number of halogens is 1. The second-order valence-corrected chi connectivity index (χ2v) is 13.4. The summed E-state index contributed by atoms with van der Waals surface area (Å²) >= 11 is 4.53. The van der Waals surface area contributed by atoms with E-state index >= 15 is 0 Å². The zero-order valence-electron chi connectivity index (χ0n) is 24.1. The smallest absolute Gasteiger partial charge is 0.265 e. The third-order valence-corrected chi connectivity index (χ3v) is 7.96. The van der Waals surface area contributed by atoms with Crippen molar-refractivity contribution in [2.24, 2.45) is 10.9 Å². The molecular weight excluding hydrogens is 572 g/mol. The third-order valence-electron chi connectivity index (χ3n) is 6.74. The highest BCUT2D eigenvalue weighted by molar-refractivity contribution is 9.10. The SMILES string of the molecule is C=C/C(=N\C(=C)NC(CC)c1ccc(Br)cn1)SNC(=O)c1ccc(C(C)(C)C)nc1N1CC(C)CC1(C)C. The molecule has 1 aliphatic rings. The fourth-order valence-electron chi connectivity index (χ4n) is 4.82. The van der Waals surface area contributed by atoms with Crippen LogP contribution in [0, 0.1) is 5.92 Å². The minimum atomic E-state index is -0.225. The summed E-state index contributed by atoms with van der Waals surface area (Å²) in [6.45, 7) is 23.9. The molecule has 0 aliphatic carbocycles. The summed E-state index contributed by atoms with van der Waals surface area (Å²) in [6, 6.07) is 7.72. The monoisotopic (exact) mass is 612 g/mol. The number of nitrogens with zero attached hydrogens (tertiary/aromatic N) is 4. The van der Waals surface area contributed by atoms with E-state index in [9.17, 15) is 4.79 Å². The molecule has 2 aromatic rings. The number of nitrogens with one attached hydrogen (secondary N) is 2. The molecule has 1 saturated heterocycles. The average molecular weight is 614 g/mol. The Kier molecular flexibility index (Phi) is 10.0. The van der Waals surface area contributed by atoms with Gasteiger partial charge in [-0.05, 0) is 78.9 Å². The van der Waals surface area contributed by atoms with Crippen molar-refractivity contribution in [3.8, 4) is 0 Å². The first kappa shape index (κ1) is 30.9. The summed E-state index contributed by atoms with van der Waals surface area (Å²) in [5, 5.41) is 3.84. The maximum Gasteiger partial charge on any atom is 0.265 e. The normalized spacial score (nSPS) is 18.0. The van der Waals surface area contributed by atoms with Crippen LogP contribution in [0.25, 0.3) is 0 Å². The van der Waals surface area contributed by atoms with Crippen LogP contribution in [0.3, 0.4) is 0 Å². The molecular formula is C30H41BrN6OS. The van der Waals surface area contributed by atoms with Gasteiger partial charge >= 0.3 is 0 Å². The number of amides is 1. The van der Waals surface area contributed by atoms with Crippen molar-refractivity contribution < 1.29 is 4.79 Å². The van der Waals surface area contributed by atoms with Gasteiger partial charge in [-0.25, -0.2) is 9.98 Å². The summed E-state index contributed by atoms with van der Waals surface area (Å²) in [4.78, 5) is 29.8. The minimum absolute atomic E-state index is 0.0406. The Morgan fingerprint density at radius 3 is 2.59 bits per heavy atom. The molecule has 210 valence electrons. The number of hydrogen-bond acceptors (Lipinski definition) is 7. The maximum absolute atomic E-state index is 13.5. The Bertz CT molecular complexity index is 1240. The molecule has 0 aromatic carbocycles. The van der Waals surface area contributed by atoms with E-state index in [1.54, 1.807) is 12.3 Å². The summed E-state index contributed by atoms with van der Waals surface area (Å²) in [7, 11) is 0. The quantitative estimate of drug-likeness (QED) is 0.184. The van der Waals surface area contributed by atoms with Crippen LogP contribution in [0.1, 0.15) is 89.1 Å². The molecule has 3 heterocycles. The van der Waals surface area contributed by atoms with Gasteiger partial charge in [-0.2, -0.15) is 0 Å². The third kappa shape index (κ3) is 7.94. The van der Waals surface area contributed by atoms with Gasteiger partial charge in [0.25, 0.3) is 5.91 Å². The lowest BCUT2D eigenvalue weighted by molar-refractivity contribution is 0.0984. The fourth-order valence-corrected chi connectivity index (χ4v) is 5.60. The minimum Gasteiger partial charge on any atom is -0.362 e. The molecule has 0 bridgehead atoms. The van der Waals surface area contributed by atoms with Gasteiger partial charge in [0, 0.05) is 45.8 Å². The van der Waals surface area contributed by atoms with Crippen molar-refractivity contribution in [3.05, 3.63) is 76.9 Å². The number of hydrogen-bond donors (Lipinski definition) is 2. The number of aromatic nitrogens is 2. The second kappa shape index (κ2) is 12.7. The Morgan fingerprint density at radius 2 is 2.05 bits per heavy atom. The van der Waals surface area contributed by atoms with Crippen molar-refractivity contribution in [2.75, 3.05) is 11.4 Å². The maximum atomic E-state index is 13.5. The molecule has 3 rings (SSSR count). The molecule has 2 aromatic heterocycles. The first-order valence-corrected chi connectivity index (χ1v) is 14.9. The van der Waals surface area contributed by atoms with E-state index in [2.05, 4.69) is 102 Å². The number of carbonyl (C=O) groups excluding carboxylic acids is 1. The van der Waals surface area contributed by atoms with Crippen molar-refractivity contribution in [1.29, 1.82) is 0 Å². The highest BCUT2D eigenvalue weighted by Gasteiger charge is 2.39. The topological polar surface area (TPSA) is 82.5 Å². The van der Waals surface area contributed by atoms with Gasteiger partial charge in [0.2, 0.25) is 0 Å². The summed E-state index contributed by atoms with van der Waals surface area (Å²) in [5.74, 6) is 1.48. The molecule has 0 saturated carbocycles. The molecule has 0 spiro atoms. The molecule has 1 amide bonds. The molecule has 1 fully saturated rings. The van der Waals surface area contributed by atoms with Crippen LogP contribution in [-0.2, 0) is 5.41 Å².